The number of ketones is 1. The molecule has 4 aliphatic rings. The minimum atomic E-state index is -0.168. The zero-order chi connectivity index (χ0) is 20.2. The first kappa shape index (κ1) is 21.8. The molecule has 0 spiro atoms. The smallest absolute Gasteiger partial charge is 0.135 e. The summed E-state index contributed by atoms with van der Waals surface area (Å²) < 4.78 is 0. The molecular weight excluding hydrogens is 356 g/mol. The van der Waals surface area contributed by atoms with Crippen LogP contribution in [-0.4, -0.2) is 17.0 Å². The van der Waals surface area contributed by atoms with E-state index < -0.39 is 0 Å². The van der Waals surface area contributed by atoms with Crippen molar-refractivity contribution in [3.05, 3.63) is 0 Å². The summed E-state index contributed by atoms with van der Waals surface area (Å²) in [6.07, 6.45) is 21.4. The number of carbonyl (C=O) groups excluding carboxylic acids is 1. The highest BCUT2D eigenvalue weighted by Gasteiger charge is 2.37. The molecule has 4 saturated carbocycles. The third-order valence-electron chi connectivity index (χ3n) is 9.84. The van der Waals surface area contributed by atoms with Gasteiger partial charge in [-0.25, -0.2) is 0 Å². The van der Waals surface area contributed by atoms with Gasteiger partial charge >= 0.3 is 0 Å². The second-order valence-electron chi connectivity index (χ2n) is 11.5. The van der Waals surface area contributed by atoms with Crippen LogP contribution in [0, 0.1) is 41.4 Å². The lowest BCUT2D eigenvalue weighted by atomic mass is 9.64. The van der Waals surface area contributed by atoms with E-state index >= 15 is 0 Å². The molecule has 0 bridgehead atoms. The quantitative estimate of drug-likeness (QED) is 0.501. The summed E-state index contributed by atoms with van der Waals surface area (Å²) in [6, 6.07) is 0. The molecule has 0 aliphatic heterocycles. The van der Waals surface area contributed by atoms with Crippen molar-refractivity contribution in [1.82, 2.24) is 0 Å². The van der Waals surface area contributed by atoms with Gasteiger partial charge in [0, 0.05) is 12.3 Å². The highest BCUT2D eigenvalue weighted by molar-refractivity contribution is 5.80. The third-order valence-corrected chi connectivity index (χ3v) is 9.84. The monoisotopic (exact) mass is 402 g/mol. The van der Waals surface area contributed by atoms with Crippen LogP contribution in [0.25, 0.3) is 0 Å². The van der Waals surface area contributed by atoms with Crippen LogP contribution >= 0.6 is 0 Å². The van der Waals surface area contributed by atoms with Crippen LogP contribution in [0.2, 0.25) is 0 Å². The number of carbonyl (C=O) groups is 1. The average Bonchev–Trinajstić information content (AvgIpc) is 2.77. The molecule has 4 rings (SSSR count). The van der Waals surface area contributed by atoms with Crippen molar-refractivity contribution < 1.29 is 9.90 Å². The van der Waals surface area contributed by atoms with Gasteiger partial charge in [-0.3, -0.25) is 4.79 Å². The van der Waals surface area contributed by atoms with E-state index in [0.717, 1.165) is 36.5 Å². The van der Waals surface area contributed by atoms with Crippen molar-refractivity contribution in [2.24, 2.45) is 41.4 Å². The van der Waals surface area contributed by atoms with E-state index in [1.165, 1.54) is 89.9 Å². The second kappa shape index (κ2) is 10.3. The lowest BCUT2D eigenvalue weighted by Gasteiger charge is -2.41. The lowest BCUT2D eigenvalue weighted by Crippen LogP contribution is -2.34. The van der Waals surface area contributed by atoms with Crippen molar-refractivity contribution in [1.29, 1.82) is 0 Å². The number of hydrogen-bond acceptors (Lipinski definition) is 2. The average molecular weight is 403 g/mol. The molecule has 2 nitrogen and oxygen atoms in total. The van der Waals surface area contributed by atoms with Gasteiger partial charge < -0.3 is 5.11 Å². The van der Waals surface area contributed by atoms with Crippen molar-refractivity contribution in [3.8, 4) is 0 Å². The largest absolute Gasteiger partial charge is 0.393 e. The molecule has 4 fully saturated rings. The SMILES string of the molecule is C[C@H](C(=O)CCCC(O)C1CCC2CCCCC2C1)C1CCC2CCCCC2C1. The molecule has 166 valence electrons. The van der Waals surface area contributed by atoms with E-state index in [2.05, 4.69) is 6.92 Å². The van der Waals surface area contributed by atoms with E-state index in [0.29, 0.717) is 24.0 Å². The predicted molar refractivity (Wildman–Crippen MR) is 120 cm³/mol. The maximum Gasteiger partial charge on any atom is 0.135 e. The molecule has 0 aromatic carbocycles. The molecule has 0 aromatic rings. The van der Waals surface area contributed by atoms with E-state index in [9.17, 15) is 9.90 Å². The van der Waals surface area contributed by atoms with Crippen molar-refractivity contribution >= 4 is 5.78 Å². The molecule has 0 saturated heterocycles. The van der Waals surface area contributed by atoms with Crippen LogP contribution in [0.15, 0.2) is 0 Å². The Balaban J connectivity index is 1.16. The fraction of sp³-hybridized carbons (Fsp3) is 0.963. The molecule has 7 unspecified atom stereocenters. The van der Waals surface area contributed by atoms with Gasteiger partial charge in [-0.2, -0.15) is 0 Å². The lowest BCUT2D eigenvalue weighted by molar-refractivity contribution is -0.125. The second-order valence-corrected chi connectivity index (χ2v) is 11.5. The Morgan fingerprint density at radius 3 is 1.90 bits per heavy atom. The molecule has 29 heavy (non-hydrogen) atoms. The zero-order valence-corrected chi connectivity index (χ0v) is 19.0. The van der Waals surface area contributed by atoms with Crippen molar-refractivity contribution in [2.75, 3.05) is 0 Å². The minimum absolute atomic E-state index is 0.168. The van der Waals surface area contributed by atoms with Crippen LogP contribution in [0.5, 0.6) is 0 Å². The first-order chi connectivity index (χ1) is 14.1. The fourth-order valence-corrected chi connectivity index (χ4v) is 7.83. The molecule has 8 atom stereocenters. The Bertz CT molecular complexity index is 529. The van der Waals surface area contributed by atoms with Crippen molar-refractivity contribution in [2.45, 2.75) is 122 Å². The summed E-state index contributed by atoms with van der Waals surface area (Å²) in [5.41, 5.74) is 0. The van der Waals surface area contributed by atoms with Gasteiger partial charge in [-0.15, -0.1) is 0 Å². The third kappa shape index (κ3) is 5.46. The van der Waals surface area contributed by atoms with Crippen LogP contribution in [0.3, 0.4) is 0 Å². The Kier molecular flexibility index (Phi) is 7.75. The molecule has 1 N–H and O–H groups in total. The highest BCUT2D eigenvalue weighted by Crippen LogP contribution is 2.46. The first-order valence-corrected chi connectivity index (χ1v) is 13.3. The maximum absolute atomic E-state index is 12.9. The molecule has 0 amide bonds. The highest BCUT2D eigenvalue weighted by atomic mass is 16.3. The summed E-state index contributed by atoms with van der Waals surface area (Å²) in [5.74, 6) is 5.57. The number of hydrogen-bond donors (Lipinski definition) is 1. The van der Waals surface area contributed by atoms with E-state index in [-0.39, 0.29) is 12.0 Å². The Morgan fingerprint density at radius 2 is 1.28 bits per heavy atom. The Labute approximate surface area is 179 Å². The standard InChI is InChI=1S/C27H46O2/c1-19(22-15-13-20-7-2-4-9-23(20)17-22)26(28)11-6-12-27(29)25-16-14-21-8-3-5-10-24(21)18-25/h19-25,27,29H,2-18H2,1H3/t19-,20?,21?,22?,23?,24?,25?,27?/m0/s1. The van der Waals surface area contributed by atoms with Gasteiger partial charge in [-0.1, -0.05) is 58.3 Å². The summed E-state index contributed by atoms with van der Waals surface area (Å²) in [4.78, 5) is 12.9. The number of Topliss-reactive ketones (excluding diaryl/α,β-unsaturated/α-hetero) is 1. The summed E-state index contributed by atoms with van der Waals surface area (Å²) in [6.45, 7) is 2.21. The number of aliphatic hydroxyl groups excluding tert-OH is 1. The molecule has 0 aromatic heterocycles. The normalized spacial score (nSPS) is 39.8. The molecular formula is C27H46O2. The van der Waals surface area contributed by atoms with Gasteiger partial charge in [0.05, 0.1) is 6.10 Å². The topological polar surface area (TPSA) is 37.3 Å². The minimum Gasteiger partial charge on any atom is -0.393 e. The first-order valence-electron chi connectivity index (χ1n) is 13.3. The molecule has 4 aliphatic carbocycles. The van der Waals surface area contributed by atoms with Gasteiger partial charge in [-0.05, 0) is 86.9 Å². The van der Waals surface area contributed by atoms with Gasteiger partial charge in [0.2, 0.25) is 0 Å². The van der Waals surface area contributed by atoms with Gasteiger partial charge in [0.1, 0.15) is 5.78 Å². The van der Waals surface area contributed by atoms with Crippen molar-refractivity contribution in [3.63, 3.8) is 0 Å². The summed E-state index contributed by atoms with van der Waals surface area (Å²) in [5, 5.41) is 10.8. The number of rotatable bonds is 7. The van der Waals surface area contributed by atoms with E-state index in [1.54, 1.807) is 0 Å². The van der Waals surface area contributed by atoms with E-state index in [1.807, 2.05) is 0 Å². The zero-order valence-electron chi connectivity index (χ0n) is 19.0. The Hall–Kier alpha value is -0.370. The predicted octanol–water partition coefficient (Wildman–Crippen LogP) is 6.94. The number of aliphatic hydroxyl groups is 1. The van der Waals surface area contributed by atoms with E-state index in [4.69, 9.17) is 0 Å². The molecule has 0 heterocycles. The number of fused-ring (bicyclic) bond motifs is 2. The van der Waals surface area contributed by atoms with Crippen LogP contribution in [0.4, 0.5) is 0 Å². The van der Waals surface area contributed by atoms with Crippen LogP contribution in [0.1, 0.15) is 116 Å². The van der Waals surface area contributed by atoms with Crippen LogP contribution in [-0.2, 0) is 4.79 Å². The Morgan fingerprint density at radius 1 is 0.759 bits per heavy atom. The molecule has 2 heteroatoms. The van der Waals surface area contributed by atoms with Gasteiger partial charge in [0.25, 0.3) is 0 Å². The summed E-state index contributed by atoms with van der Waals surface area (Å²) in [7, 11) is 0. The maximum atomic E-state index is 12.9. The summed E-state index contributed by atoms with van der Waals surface area (Å²) >= 11 is 0. The fourth-order valence-electron chi connectivity index (χ4n) is 7.83. The molecule has 0 radical (unpaired) electrons. The van der Waals surface area contributed by atoms with Gasteiger partial charge in [0.15, 0.2) is 0 Å². The van der Waals surface area contributed by atoms with Crippen LogP contribution < -0.4 is 0 Å².